The molecule has 2 rings (SSSR count). The third-order valence-electron chi connectivity index (χ3n) is 3.98. The van der Waals surface area contributed by atoms with E-state index in [4.69, 9.17) is 14.6 Å². The summed E-state index contributed by atoms with van der Waals surface area (Å²) in [6.07, 6.45) is -0.425. The summed E-state index contributed by atoms with van der Waals surface area (Å²) < 4.78 is 10.3. The van der Waals surface area contributed by atoms with E-state index >= 15 is 0 Å². The fourth-order valence-corrected chi connectivity index (χ4v) is 2.90. The van der Waals surface area contributed by atoms with Crippen LogP contribution >= 0.6 is 0 Å². The van der Waals surface area contributed by atoms with Gasteiger partial charge in [-0.25, -0.2) is 9.59 Å². The van der Waals surface area contributed by atoms with Crippen LogP contribution in [0.1, 0.15) is 46.0 Å². The average Bonchev–Trinajstić information content (AvgIpc) is 2.64. The van der Waals surface area contributed by atoms with Gasteiger partial charge in [-0.3, -0.25) is 15.1 Å². The lowest BCUT2D eigenvalue weighted by Crippen LogP contribution is -2.20. The number of non-ortho nitro benzene ring substituents is 1. The van der Waals surface area contributed by atoms with Gasteiger partial charge >= 0.3 is 11.9 Å². The monoisotopic (exact) mass is 402 g/mol. The van der Waals surface area contributed by atoms with Crippen molar-refractivity contribution in [2.24, 2.45) is 0 Å². The van der Waals surface area contributed by atoms with Gasteiger partial charge in [0, 0.05) is 17.7 Å². The number of aliphatic hydroxyl groups excluding tert-OH is 1. The summed E-state index contributed by atoms with van der Waals surface area (Å²) in [6.45, 7) is 5.90. The van der Waals surface area contributed by atoms with Crippen molar-refractivity contribution < 1.29 is 29.1 Å². The molecule has 0 aliphatic rings. The number of ether oxygens (including phenoxy) is 2. The number of aryl methyl sites for hydroxylation is 2. The van der Waals surface area contributed by atoms with E-state index < -0.39 is 23.0 Å². The van der Waals surface area contributed by atoms with Crippen LogP contribution in [-0.4, -0.2) is 46.3 Å². The molecule has 1 N–H and O–H groups in total. The molecular weight excluding hydrogens is 380 g/mol. The number of carbonyl (C=O) groups is 2. The lowest BCUT2D eigenvalue weighted by atomic mass is 9.92. The van der Waals surface area contributed by atoms with Gasteiger partial charge in [-0.1, -0.05) is 12.1 Å². The van der Waals surface area contributed by atoms with Gasteiger partial charge in [-0.15, -0.1) is 0 Å². The van der Waals surface area contributed by atoms with Crippen LogP contribution in [0, 0.1) is 24.0 Å². The SMILES string of the molecule is Cc1nc(C)c(C(=O)OC(C)C)c(-c2cccc([N+](=O)[O-])c2)c1C(=O)OCCO. The number of nitro benzene ring substituents is 1. The molecule has 0 spiro atoms. The molecule has 0 amide bonds. The Morgan fingerprint density at radius 2 is 1.79 bits per heavy atom. The minimum absolute atomic E-state index is 0.0137. The molecule has 1 heterocycles. The number of rotatable bonds is 7. The quantitative estimate of drug-likeness (QED) is 0.425. The molecule has 0 aliphatic heterocycles. The standard InChI is InChI=1S/C20H22N2O7/c1-11(2)29-20(25)17-13(4)21-12(3)16(19(24)28-9-8-23)18(17)14-6-5-7-15(10-14)22(26)27/h5-7,10-11,23H,8-9H2,1-4H3. The molecule has 0 aliphatic carbocycles. The van der Waals surface area contributed by atoms with Gasteiger partial charge in [0.2, 0.25) is 0 Å². The molecule has 0 unspecified atom stereocenters. The first-order chi connectivity index (χ1) is 13.7. The average molecular weight is 402 g/mol. The van der Waals surface area contributed by atoms with E-state index in [1.807, 2.05) is 0 Å². The molecule has 29 heavy (non-hydrogen) atoms. The summed E-state index contributed by atoms with van der Waals surface area (Å²) in [6, 6.07) is 5.58. The molecule has 1 aromatic heterocycles. The molecule has 0 saturated heterocycles. The highest BCUT2D eigenvalue weighted by atomic mass is 16.6. The van der Waals surface area contributed by atoms with Gasteiger partial charge < -0.3 is 14.6 Å². The zero-order chi connectivity index (χ0) is 21.7. The van der Waals surface area contributed by atoms with E-state index in [0.29, 0.717) is 5.69 Å². The second-order valence-electron chi connectivity index (χ2n) is 6.53. The molecular formula is C20H22N2O7. The summed E-state index contributed by atoms with van der Waals surface area (Å²) in [4.78, 5) is 40.4. The highest BCUT2D eigenvalue weighted by Gasteiger charge is 2.29. The first-order valence-electron chi connectivity index (χ1n) is 8.92. The summed E-state index contributed by atoms with van der Waals surface area (Å²) in [7, 11) is 0. The maximum atomic E-state index is 12.8. The van der Waals surface area contributed by atoms with Crippen molar-refractivity contribution in [1.29, 1.82) is 0 Å². The molecule has 9 nitrogen and oxygen atoms in total. The summed E-state index contributed by atoms with van der Waals surface area (Å²) in [5, 5.41) is 20.2. The van der Waals surface area contributed by atoms with Crippen molar-refractivity contribution in [1.82, 2.24) is 4.98 Å². The van der Waals surface area contributed by atoms with E-state index in [0.717, 1.165) is 0 Å². The number of hydrogen-bond donors (Lipinski definition) is 1. The Labute approximate surface area is 167 Å². The van der Waals surface area contributed by atoms with Crippen molar-refractivity contribution in [3.63, 3.8) is 0 Å². The largest absolute Gasteiger partial charge is 0.460 e. The van der Waals surface area contributed by atoms with Gasteiger partial charge in [0.15, 0.2) is 0 Å². The third-order valence-corrected chi connectivity index (χ3v) is 3.98. The number of benzene rings is 1. The van der Waals surface area contributed by atoms with E-state index in [2.05, 4.69) is 4.98 Å². The summed E-state index contributed by atoms with van der Waals surface area (Å²) in [5.41, 5.74) is 0.835. The molecule has 0 atom stereocenters. The Morgan fingerprint density at radius 3 is 2.34 bits per heavy atom. The fourth-order valence-electron chi connectivity index (χ4n) is 2.90. The van der Waals surface area contributed by atoms with E-state index in [1.54, 1.807) is 33.8 Å². The van der Waals surface area contributed by atoms with Gasteiger partial charge in [-0.2, -0.15) is 0 Å². The molecule has 1 aromatic carbocycles. The van der Waals surface area contributed by atoms with Gasteiger partial charge in [0.1, 0.15) is 6.61 Å². The number of carbonyl (C=O) groups excluding carboxylic acids is 2. The molecule has 0 bridgehead atoms. The van der Waals surface area contributed by atoms with Crippen LogP contribution in [0.4, 0.5) is 5.69 Å². The van der Waals surface area contributed by atoms with Crippen LogP contribution in [-0.2, 0) is 9.47 Å². The van der Waals surface area contributed by atoms with Crippen LogP contribution in [0.25, 0.3) is 11.1 Å². The van der Waals surface area contributed by atoms with Crippen LogP contribution in [0.5, 0.6) is 0 Å². The highest BCUT2D eigenvalue weighted by Crippen LogP contribution is 2.34. The number of aromatic nitrogens is 1. The molecule has 154 valence electrons. The lowest BCUT2D eigenvalue weighted by molar-refractivity contribution is -0.384. The number of esters is 2. The predicted molar refractivity (Wildman–Crippen MR) is 104 cm³/mol. The van der Waals surface area contributed by atoms with Crippen molar-refractivity contribution in [2.75, 3.05) is 13.2 Å². The topological polar surface area (TPSA) is 129 Å². The maximum absolute atomic E-state index is 12.8. The van der Waals surface area contributed by atoms with Gasteiger partial charge in [-0.05, 0) is 33.3 Å². The zero-order valence-electron chi connectivity index (χ0n) is 16.6. The first kappa shape index (κ1) is 22.0. The summed E-state index contributed by atoms with van der Waals surface area (Å²) >= 11 is 0. The van der Waals surface area contributed by atoms with Crippen molar-refractivity contribution >= 4 is 17.6 Å². The van der Waals surface area contributed by atoms with E-state index in [1.165, 1.54) is 18.2 Å². The smallest absolute Gasteiger partial charge is 0.340 e. The lowest BCUT2D eigenvalue weighted by Gasteiger charge is -2.18. The maximum Gasteiger partial charge on any atom is 0.340 e. The van der Waals surface area contributed by atoms with Crippen molar-refractivity contribution in [3.8, 4) is 11.1 Å². The van der Waals surface area contributed by atoms with E-state index in [-0.39, 0.29) is 46.8 Å². The van der Waals surface area contributed by atoms with Crippen LogP contribution in [0.15, 0.2) is 24.3 Å². The van der Waals surface area contributed by atoms with Gasteiger partial charge in [0.05, 0.1) is 40.1 Å². The van der Waals surface area contributed by atoms with Crippen molar-refractivity contribution in [3.05, 3.63) is 56.9 Å². The zero-order valence-corrected chi connectivity index (χ0v) is 16.6. The summed E-state index contributed by atoms with van der Waals surface area (Å²) in [5.74, 6) is -1.51. The van der Waals surface area contributed by atoms with E-state index in [9.17, 15) is 19.7 Å². The first-order valence-corrected chi connectivity index (χ1v) is 8.92. The predicted octanol–water partition coefficient (Wildman–Crippen LogP) is 2.99. The molecule has 0 fully saturated rings. The Morgan fingerprint density at radius 1 is 1.17 bits per heavy atom. The van der Waals surface area contributed by atoms with Crippen LogP contribution < -0.4 is 0 Å². The Kier molecular flexibility index (Phi) is 7.00. The number of nitro groups is 1. The fraction of sp³-hybridized carbons (Fsp3) is 0.350. The second-order valence-corrected chi connectivity index (χ2v) is 6.53. The Balaban J connectivity index is 2.84. The normalized spacial score (nSPS) is 10.7. The third kappa shape index (κ3) is 4.94. The minimum Gasteiger partial charge on any atom is -0.460 e. The van der Waals surface area contributed by atoms with Gasteiger partial charge in [0.25, 0.3) is 5.69 Å². The Bertz CT molecular complexity index is 954. The number of aliphatic hydroxyl groups is 1. The Hall–Kier alpha value is -3.33. The second kappa shape index (κ2) is 9.24. The molecule has 9 heteroatoms. The number of hydrogen-bond acceptors (Lipinski definition) is 8. The van der Waals surface area contributed by atoms with Crippen LogP contribution in [0.2, 0.25) is 0 Å². The number of nitrogens with zero attached hydrogens (tertiary/aromatic N) is 2. The van der Waals surface area contributed by atoms with Crippen molar-refractivity contribution in [2.45, 2.75) is 33.8 Å². The molecule has 0 saturated carbocycles. The number of pyridine rings is 1. The minimum atomic E-state index is -0.802. The molecule has 0 radical (unpaired) electrons. The van der Waals surface area contributed by atoms with Crippen LogP contribution in [0.3, 0.4) is 0 Å². The molecule has 2 aromatic rings. The highest BCUT2D eigenvalue weighted by molar-refractivity contribution is 6.07.